The van der Waals surface area contributed by atoms with Crippen LogP contribution in [0.2, 0.25) is 0 Å². The number of H-pyrrole nitrogens is 1. The number of carboxylic acid groups (broad SMARTS) is 1. The zero-order chi connectivity index (χ0) is 17.1. The first-order valence-corrected chi connectivity index (χ1v) is 7.48. The van der Waals surface area contributed by atoms with E-state index in [9.17, 15) is 14.7 Å². The third-order valence-electron chi connectivity index (χ3n) is 4.10. The molecule has 2 N–H and O–H groups in total. The first kappa shape index (κ1) is 15.8. The van der Waals surface area contributed by atoms with Gasteiger partial charge in [0.05, 0.1) is 24.9 Å². The number of methoxy groups -OCH3 is 1. The number of aromatic amines is 1. The summed E-state index contributed by atoms with van der Waals surface area (Å²) < 4.78 is 4.68. The van der Waals surface area contributed by atoms with Crippen molar-refractivity contribution in [3.8, 4) is 0 Å². The minimum Gasteiger partial charge on any atom is -0.465 e. The fourth-order valence-electron chi connectivity index (χ4n) is 2.84. The summed E-state index contributed by atoms with van der Waals surface area (Å²) in [4.78, 5) is 24.5. The molecule has 0 bridgehead atoms. The van der Waals surface area contributed by atoms with Crippen molar-refractivity contribution < 1.29 is 19.4 Å². The van der Waals surface area contributed by atoms with E-state index in [0.717, 1.165) is 16.7 Å². The predicted octanol–water partition coefficient (Wildman–Crippen LogP) is 2.70. The van der Waals surface area contributed by atoms with Crippen molar-refractivity contribution >= 4 is 17.6 Å². The molecule has 3 rings (SSSR count). The van der Waals surface area contributed by atoms with Crippen LogP contribution in [-0.4, -0.2) is 45.9 Å². The van der Waals surface area contributed by atoms with E-state index in [2.05, 4.69) is 14.9 Å². The van der Waals surface area contributed by atoms with Crippen LogP contribution in [0.15, 0.2) is 42.7 Å². The van der Waals surface area contributed by atoms with Crippen LogP contribution in [-0.2, 0) is 4.74 Å². The second-order valence-corrected chi connectivity index (χ2v) is 5.46. The Bertz CT molecular complexity index is 766. The largest absolute Gasteiger partial charge is 0.465 e. The Morgan fingerprint density at radius 2 is 2.08 bits per heavy atom. The number of esters is 1. The number of carbonyl (C=O) groups excluding carboxylic acids is 1. The summed E-state index contributed by atoms with van der Waals surface area (Å²) in [5.74, 6) is -0.421. The van der Waals surface area contributed by atoms with Crippen LogP contribution >= 0.6 is 0 Å². The summed E-state index contributed by atoms with van der Waals surface area (Å²) >= 11 is 0. The van der Waals surface area contributed by atoms with Gasteiger partial charge in [0.15, 0.2) is 0 Å². The van der Waals surface area contributed by atoms with E-state index >= 15 is 0 Å². The Hall–Kier alpha value is -3.09. The van der Waals surface area contributed by atoms with Gasteiger partial charge in [-0.15, -0.1) is 0 Å². The highest BCUT2D eigenvalue weighted by Gasteiger charge is 2.28. The highest BCUT2D eigenvalue weighted by atomic mass is 16.5. The van der Waals surface area contributed by atoms with E-state index in [1.165, 1.54) is 12.0 Å². The fraction of sp³-hybridized carbons (Fsp3) is 0.235. The molecule has 7 heteroatoms. The highest BCUT2D eigenvalue weighted by molar-refractivity contribution is 5.89. The number of amides is 1. The molecule has 24 heavy (non-hydrogen) atoms. The molecule has 0 unspecified atom stereocenters. The molecular formula is C17H17N3O4. The number of nitrogens with zero attached hydrogens (tertiary/aromatic N) is 2. The van der Waals surface area contributed by atoms with Crippen LogP contribution < -0.4 is 0 Å². The van der Waals surface area contributed by atoms with Crippen molar-refractivity contribution in [2.45, 2.75) is 12.5 Å². The molecule has 0 fully saturated rings. The maximum absolute atomic E-state index is 11.6. The average molecular weight is 327 g/mol. The molecule has 1 atom stereocenters. The summed E-state index contributed by atoms with van der Waals surface area (Å²) in [6.45, 7) is 0.399. The van der Waals surface area contributed by atoms with E-state index in [1.807, 2.05) is 6.08 Å². The van der Waals surface area contributed by atoms with Gasteiger partial charge in [0.2, 0.25) is 0 Å². The zero-order valence-electron chi connectivity index (χ0n) is 13.1. The van der Waals surface area contributed by atoms with E-state index in [-0.39, 0.29) is 0 Å². The van der Waals surface area contributed by atoms with Gasteiger partial charge in [-0.3, -0.25) is 10.00 Å². The SMILES string of the molecule is COC(=O)c1ccc([C@@H]2C=C(c3cn[nH]c3)CCN2C(=O)O)cc1. The molecule has 1 amide bonds. The van der Waals surface area contributed by atoms with Gasteiger partial charge in [-0.25, -0.2) is 9.59 Å². The first-order chi connectivity index (χ1) is 11.6. The smallest absolute Gasteiger partial charge is 0.408 e. The standard InChI is InChI=1S/C17H17N3O4/c1-24-16(21)12-4-2-11(3-5-12)15-8-13(14-9-18-19-10-14)6-7-20(15)17(22)23/h2-5,8-10,15H,6-7H2,1H3,(H,18,19)(H,22,23)/t15-/m0/s1. The van der Waals surface area contributed by atoms with E-state index < -0.39 is 18.1 Å². The molecule has 0 saturated carbocycles. The number of ether oxygens (including phenoxy) is 1. The molecule has 1 aromatic heterocycles. The summed E-state index contributed by atoms with van der Waals surface area (Å²) in [6, 6.07) is 6.37. The summed E-state index contributed by atoms with van der Waals surface area (Å²) in [5.41, 5.74) is 3.23. The third kappa shape index (κ3) is 3.01. The van der Waals surface area contributed by atoms with E-state index in [1.54, 1.807) is 36.7 Å². The molecule has 124 valence electrons. The monoisotopic (exact) mass is 327 g/mol. The van der Waals surface area contributed by atoms with Gasteiger partial charge in [0.1, 0.15) is 0 Å². The number of benzene rings is 1. The van der Waals surface area contributed by atoms with Gasteiger partial charge >= 0.3 is 12.1 Å². The quantitative estimate of drug-likeness (QED) is 0.845. The van der Waals surface area contributed by atoms with E-state index in [4.69, 9.17) is 0 Å². The molecule has 1 aliphatic rings. The van der Waals surface area contributed by atoms with Crippen LogP contribution in [0.25, 0.3) is 5.57 Å². The molecule has 7 nitrogen and oxygen atoms in total. The van der Waals surface area contributed by atoms with Crippen molar-refractivity contribution in [3.05, 3.63) is 59.4 Å². The number of hydrogen-bond acceptors (Lipinski definition) is 4. The molecule has 1 aliphatic heterocycles. The summed E-state index contributed by atoms with van der Waals surface area (Å²) in [5, 5.41) is 16.2. The van der Waals surface area contributed by atoms with Gasteiger partial charge in [-0.1, -0.05) is 18.2 Å². The highest BCUT2D eigenvalue weighted by Crippen LogP contribution is 2.33. The molecule has 0 spiro atoms. The van der Waals surface area contributed by atoms with E-state index in [0.29, 0.717) is 18.5 Å². The predicted molar refractivity (Wildman–Crippen MR) is 86.4 cm³/mol. The van der Waals surface area contributed by atoms with Gasteiger partial charge in [-0.2, -0.15) is 5.10 Å². The fourth-order valence-corrected chi connectivity index (χ4v) is 2.84. The zero-order valence-corrected chi connectivity index (χ0v) is 13.1. The van der Waals surface area contributed by atoms with Crippen molar-refractivity contribution in [1.29, 1.82) is 0 Å². The number of hydrogen-bond donors (Lipinski definition) is 2. The minimum absolute atomic E-state index is 0.399. The van der Waals surface area contributed by atoms with Gasteiger partial charge in [-0.05, 0) is 29.7 Å². The molecule has 2 heterocycles. The van der Waals surface area contributed by atoms with Gasteiger partial charge in [0.25, 0.3) is 0 Å². The molecule has 2 aromatic rings. The number of nitrogens with one attached hydrogen (secondary N) is 1. The lowest BCUT2D eigenvalue weighted by atomic mass is 9.93. The van der Waals surface area contributed by atoms with Crippen LogP contribution in [0, 0.1) is 0 Å². The number of rotatable bonds is 3. The number of carbonyl (C=O) groups is 2. The Labute approximate surface area is 138 Å². The first-order valence-electron chi connectivity index (χ1n) is 7.48. The average Bonchev–Trinajstić information content (AvgIpc) is 3.15. The normalized spacial score (nSPS) is 17.3. The van der Waals surface area contributed by atoms with Crippen molar-refractivity contribution in [2.75, 3.05) is 13.7 Å². The Balaban J connectivity index is 1.95. The van der Waals surface area contributed by atoms with Crippen molar-refractivity contribution in [1.82, 2.24) is 15.1 Å². The summed E-state index contributed by atoms with van der Waals surface area (Å²) in [7, 11) is 1.32. The lowest BCUT2D eigenvalue weighted by Crippen LogP contribution is -2.36. The topological polar surface area (TPSA) is 95.5 Å². The van der Waals surface area contributed by atoms with Crippen molar-refractivity contribution in [2.24, 2.45) is 0 Å². The lowest BCUT2D eigenvalue weighted by Gasteiger charge is -2.32. The maximum Gasteiger partial charge on any atom is 0.408 e. The second kappa shape index (κ2) is 6.57. The molecule has 0 aliphatic carbocycles. The Kier molecular flexibility index (Phi) is 4.33. The van der Waals surface area contributed by atoms with Crippen LogP contribution in [0.3, 0.4) is 0 Å². The van der Waals surface area contributed by atoms with Crippen LogP contribution in [0.5, 0.6) is 0 Å². The Morgan fingerprint density at radius 1 is 1.33 bits per heavy atom. The second-order valence-electron chi connectivity index (χ2n) is 5.46. The van der Waals surface area contributed by atoms with Crippen LogP contribution in [0.4, 0.5) is 4.79 Å². The number of aromatic nitrogens is 2. The minimum atomic E-state index is -0.973. The summed E-state index contributed by atoms with van der Waals surface area (Å²) in [6.07, 6.45) is 5.09. The molecule has 1 aromatic carbocycles. The van der Waals surface area contributed by atoms with Gasteiger partial charge in [0, 0.05) is 18.3 Å². The van der Waals surface area contributed by atoms with Crippen molar-refractivity contribution in [3.63, 3.8) is 0 Å². The molecule has 0 saturated heterocycles. The van der Waals surface area contributed by atoms with Gasteiger partial charge < -0.3 is 9.84 Å². The third-order valence-corrected chi connectivity index (χ3v) is 4.10. The lowest BCUT2D eigenvalue weighted by molar-refractivity contribution is 0.0600. The molecular weight excluding hydrogens is 310 g/mol. The molecule has 0 radical (unpaired) electrons. The Morgan fingerprint density at radius 3 is 2.67 bits per heavy atom. The maximum atomic E-state index is 11.6. The van der Waals surface area contributed by atoms with Crippen LogP contribution in [0.1, 0.15) is 33.9 Å².